The molecule has 0 fully saturated rings. The lowest BCUT2D eigenvalue weighted by molar-refractivity contribution is -0.117. The monoisotopic (exact) mass is 233 g/mol. The van der Waals surface area contributed by atoms with Gasteiger partial charge < -0.3 is 10.1 Å². The summed E-state index contributed by atoms with van der Waals surface area (Å²) in [7, 11) is 0. The van der Waals surface area contributed by atoms with Crippen molar-refractivity contribution in [2.45, 2.75) is 46.0 Å². The Morgan fingerprint density at radius 2 is 1.94 bits per heavy atom. The van der Waals surface area contributed by atoms with Crippen LogP contribution in [0.2, 0.25) is 0 Å². The van der Waals surface area contributed by atoms with Crippen LogP contribution in [0.5, 0.6) is 0 Å². The molecule has 0 spiro atoms. The second-order valence-electron chi connectivity index (χ2n) is 4.66. The molecule has 0 aliphatic heterocycles. The first-order valence-electron chi connectivity index (χ1n) is 6.46. The second-order valence-corrected chi connectivity index (χ2v) is 4.66. The van der Waals surface area contributed by atoms with E-state index < -0.39 is 0 Å². The first-order valence-corrected chi connectivity index (χ1v) is 6.46. The van der Waals surface area contributed by atoms with E-state index in [1.807, 2.05) is 0 Å². The zero-order valence-corrected chi connectivity index (χ0v) is 11.1. The molecule has 2 heteroatoms. The number of nitrogens with one attached hydrogen (secondary N) is 1. The number of anilines is 1. The van der Waals surface area contributed by atoms with Crippen molar-refractivity contribution in [1.29, 1.82) is 0 Å². The molecule has 1 unspecified atom stereocenters. The molecule has 0 bridgehead atoms. The largest absolute Gasteiger partial charge is 0.385 e. The van der Waals surface area contributed by atoms with E-state index in [1.165, 1.54) is 12.0 Å². The van der Waals surface area contributed by atoms with Gasteiger partial charge >= 0.3 is 0 Å². The molecule has 1 atom stereocenters. The molecule has 0 radical (unpaired) electrons. The maximum atomic E-state index is 10.8. The third-order valence-electron chi connectivity index (χ3n) is 3.13. The number of hydrogen-bond donors (Lipinski definition) is 1. The fourth-order valence-corrected chi connectivity index (χ4v) is 1.74. The lowest BCUT2D eigenvalue weighted by atomic mass is 9.99. The van der Waals surface area contributed by atoms with Crippen LogP contribution < -0.4 is 5.32 Å². The molecule has 17 heavy (non-hydrogen) atoms. The summed E-state index contributed by atoms with van der Waals surface area (Å²) in [6.07, 6.45) is 2.74. The van der Waals surface area contributed by atoms with Crippen molar-refractivity contribution < 1.29 is 4.79 Å². The number of carbonyl (C=O) groups is 1. The molecule has 1 rings (SSSR count). The van der Waals surface area contributed by atoms with Gasteiger partial charge in [0.15, 0.2) is 0 Å². The first-order chi connectivity index (χ1) is 8.13. The molecular formula is C15H23NO. The molecule has 0 aromatic heterocycles. The number of Topliss-reactive ketones (excluding diaryl/α,β-unsaturated/α-hetero) is 1. The fourth-order valence-electron chi connectivity index (χ4n) is 1.74. The van der Waals surface area contributed by atoms with Gasteiger partial charge in [-0.3, -0.25) is 0 Å². The Bertz CT molecular complexity index is 342. The highest BCUT2D eigenvalue weighted by molar-refractivity contribution is 5.75. The van der Waals surface area contributed by atoms with Gasteiger partial charge in [0, 0.05) is 18.7 Å². The van der Waals surface area contributed by atoms with Crippen LogP contribution in [0.3, 0.4) is 0 Å². The maximum absolute atomic E-state index is 10.8. The predicted molar refractivity (Wildman–Crippen MR) is 73.6 cm³/mol. The molecule has 0 aliphatic carbocycles. The Morgan fingerprint density at radius 1 is 1.29 bits per heavy atom. The van der Waals surface area contributed by atoms with E-state index in [4.69, 9.17) is 0 Å². The highest BCUT2D eigenvalue weighted by atomic mass is 16.1. The summed E-state index contributed by atoms with van der Waals surface area (Å²) >= 11 is 0. The molecule has 0 saturated heterocycles. The van der Waals surface area contributed by atoms with Crippen molar-refractivity contribution in [2.75, 3.05) is 11.9 Å². The minimum Gasteiger partial charge on any atom is -0.385 e. The number of carbonyl (C=O) groups excluding carboxylic acids is 1. The van der Waals surface area contributed by atoms with Crippen molar-refractivity contribution in [3.63, 3.8) is 0 Å². The summed E-state index contributed by atoms with van der Waals surface area (Å²) < 4.78 is 0. The van der Waals surface area contributed by atoms with Crippen LogP contribution >= 0.6 is 0 Å². The summed E-state index contributed by atoms with van der Waals surface area (Å²) in [6, 6.07) is 8.60. The fraction of sp³-hybridized carbons (Fsp3) is 0.533. The van der Waals surface area contributed by atoms with Crippen molar-refractivity contribution in [3.8, 4) is 0 Å². The van der Waals surface area contributed by atoms with Gasteiger partial charge in [-0.05, 0) is 43.4 Å². The Labute approximate surface area is 104 Å². The van der Waals surface area contributed by atoms with Crippen molar-refractivity contribution in [1.82, 2.24) is 0 Å². The van der Waals surface area contributed by atoms with Crippen LogP contribution in [0, 0.1) is 0 Å². The lowest BCUT2D eigenvalue weighted by Gasteiger charge is -2.10. The van der Waals surface area contributed by atoms with Crippen molar-refractivity contribution >= 4 is 11.5 Å². The number of benzene rings is 1. The Hall–Kier alpha value is -1.31. The molecular weight excluding hydrogens is 210 g/mol. The Morgan fingerprint density at radius 3 is 2.47 bits per heavy atom. The number of rotatable bonds is 7. The standard InChI is InChI=1S/C15H23NO/c1-4-12(2)14-7-9-15(10-8-14)16-11-5-6-13(3)17/h7-10,12,16H,4-6,11H2,1-3H3. The van der Waals surface area contributed by atoms with Crippen LogP contribution in [0.15, 0.2) is 24.3 Å². The third-order valence-corrected chi connectivity index (χ3v) is 3.13. The third kappa shape index (κ3) is 5.03. The summed E-state index contributed by atoms with van der Waals surface area (Å²) in [4.78, 5) is 10.8. The minimum absolute atomic E-state index is 0.263. The average molecular weight is 233 g/mol. The van der Waals surface area contributed by atoms with E-state index in [0.717, 1.165) is 18.7 Å². The summed E-state index contributed by atoms with van der Waals surface area (Å²) in [5, 5.41) is 3.33. The second kappa shape index (κ2) is 7.10. The van der Waals surface area contributed by atoms with Gasteiger partial charge in [0.05, 0.1) is 0 Å². The van der Waals surface area contributed by atoms with Crippen molar-refractivity contribution in [3.05, 3.63) is 29.8 Å². The van der Waals surface area contributed by atoms with Crippen LogP contribution in [-0.2, 0) is 4.79 Å². The molecule has 0 saturated carbocycles. The van der Waals surface area contributed by atoms with Crippen molar-refractivity contribution in [2.24, 2.45) is 0 Å². The minimum atomic E-state index is 0.263. The average Bonchev–Trinajstić information content (AvgIpc) is 2.34. The van der Waals surface area contributed by atoms with Gasteiger partial charge in [-0.1, -0.05) is 26.0 Å². The first kappa shape index (κ1) is 13.8. The Kier molecular flexibility index (Phi) is 5.75. The van der Waals surface area contributed by atoms with Crippen LogP contribution in [0.25, 0.3) is 0 Å². The van der Waals surface area contributed by atoms with Gasteiger partial charge in [0.2, 0.25) is 0 Å². The summed E-state index contributed by atoms with van der Waals surface area (Å²) in [5.41, 5.74) is 2.53. The van der Waals surface area contributed by atoms with E-state index in [9.17, 15) is 4.79 Å². The van der Waals surface area contributed by atoms with E-state index in [1.54, 1.807) is 6.92 Å². The summed E-state index contributed by atoms with van der Waals surface area (Å²) in [6.45, 7) is 6.96. The lowest BCUT2D eigenvalue weighted by Crippen LogP contribution is -2.03. The van der Waals surface area contributed by atoms with Gasteiger partial charge in [-0.25, -0.2) is 0 Å². The SMILES string of the molecule is CCC(C)c1ccc(NCCCC(C)=O)cc1. The maximum Gasteiger partial charge on any atom is 0.129 e. The molecule has 1 N–H and O–H groups in total. The van der Waals surface area contributed by atoms with Gasteiger partial charge in [-0.15, -0.1) is 0 Å². The van der Waals surface area contributed by atoms with Gasteiger partial charge in [0.25, 0.3) is 0 Å². The van der Waals surface area contributed by atoms with E-state index >= 15 is 0 Å². The highest BCUT2D eigenvalue weighted by Gasteiger charge is 2.02. The number of hydrogen-bond acceptors (Lipinski definition) is 2. The Balaban J connectivity index is 2.38. The molecule has 0 heterocycles. The molecule has 0 aliphatic rings. The van der Waals surface area contributed by atoms with E-state index in [-0.39, 0.29) is 5.78 Å². The van der Waals surface area contributed by atoms with Gasteiger partial charge in [-0.2, -0.15) is 0 Å². The molecule has 0 amide bonds. The summed E-state index contributed by atoms with van der Waals surface area (Å²) in [5.74, 6) is 0.890. The smallest absolute Gasteiger partial charge is 0.129 e. The van der Waals surface area contributed by atoms with E-state index in [2.05, 4.69) is 43.4 Å². The van der Waals surface area contributed by atoms with Crippen LogP contribution in [0.4, 0.5) is 5.69 Å². The normalized spacial score (nSPS) is 12.2. The zero-order valence-electron chi connectivity index (χ0n) is 11.1. The van der Waals surface area contributed by atoms with Crippen LogP contribution in [-0.4, -0.2) is 12.3 Å². The van der Waals surface area contributed by atoms with Gasteiger partial charge in [0.1, 0.15) is 5.78 Å². The predicted octanol–water partition coefficient (Wildman–Crippen LogP) is 3.98. The molecule has 2 nitrogen and oxygen atoms in total. The van der Waals surface area contributed by atoms with Crippen LogP contribution in [0.1, 0.15) is 51.5 Å². The quantitative estimate of drug-likeness (QED) is 0.722. The zero-order chi connectivity index (χ0) is 12.7. The highest BCUT2D eigenvalue weighted by Crippen LogP contribution is 2.20. The number of ketones is 1. The molecule has 1 aromatic rings. The molecule has 1 aromatic carbocycles. The topological polar surface area (TPSA) is 29.1 Å². The van der Waals surface area contributed by atoms with E-state index in [0.29, 0.717) is 12.3 Å². The molecule has 94 valence electrons.